The van der Waals surface area contributed by atoms with E-state index in [1.807, 2.05) is 0 Å². The molecule has 0 aromatic carbocycles. The van der Waals surface area contributed by atoms with Gasteiger partial charge in [-0.3, -0.25) is 0 Å². The van der Waals surface area contributed by atoms with Crippen molar-refractivity contribution >= 4 is 12.1 Å². The Bertz CT molecular complexity index is 222. The molecule has 0 saturated carbocycles. The van der Waals surface area contributed by atoms with Crippen molar-refractivity contribution in [2.45, 2.75) is 13.0 Å². The van der Waals surface area contributed by atoms with Gasteiger partial charge in [-0.05, 0) is 6.92 Å². The largest absolute Gasteiger partial charge is 0.508 e. The molecule has 1 heterocycles. The Hall–Kier alpha value is -1.56. The average Bonchev–Trinajstić information content (AvgIpc) is 2.52. The molecule has 1 rings (SSSR count). The maximum atomic E-state index is 10.1. The summed E-state index contributed by atoms with van der Waals surface area (Å²) in [7, 11) is 0. The number of carboxylic acid groups (broad SMARTS) is 1. The van der Waals surface area contributed by atoms with Crippen LogP contribution in [0.15, 0.2) is 12.2 Å². The van der Waals surface area contributed by atoms with Crippen LogP contribution in [0, 0.1) is 0 Å². The Labute approximate surface area is 80.7 Å². The molecule has 0 aromatic rings. The van der Waals surface area contributed by atoms with E-state index in [4.69, 9.17) is 10.2 Å². The molecule has 0 amide bonds. The second-order valence-corrected chi connectivity index (χ2v) is 2.57. The first-order chi connectivity index (χ1) is 6.47. The highest BCUT2D eigenvalue weighted by molar-refractivity contribution is 5.84. The highest BCUT2D eigenvalue weighted by atomic mass is 16.8. The topological polar surface area (TPSA) is 93.1 Å². The molecular formula is C8H12O6. The number of carbonyl (C=O) groups excluding carboxylic acids is 1. The van der Waals surface area contributed by atoms with Gasteiger partial charge in [0.15, 0.2) is 6.10 Å². The Morgan fingerprint density at radius 1 is 1.71 bits per heavy atom. The predicted octanol–water partition coefficient (Wildman–Crippen LogP) is 0.161. The highest BCUT2D eigenvalue weighted by Gasteiger charge is 2.23. The summed E-state index contributed by atoms with van der Waals surface area (Å²) in [6.07, 6.45) is -1.13. The molecule has 0 spiro atoms. The van der Waals surface area contributed by atoms with Crippen LogP contribution in [0.5, 0.6) is 0 Å². The lowest BCUT2D eigenvalue weighted by Crippen LogP contribution is -2.14. The van der Waals surface area contributed by atoms with Crippen LogP contribution in [0.4, 0.5) is 4.79 Å². The van der Waals surface area contributed by atoms with Crippen LogP contribution >= 0.6 is 0 Å². The Morgan fingerprint density at radius 2 is 2.21 bits per heavy atom. The van der Waals surface area contributed by atoms with Gasteiger partial charge < -0.3 is 19.7 Å². The second-order valence-electron chi connectivity index (χ2n) is 2.57. The quantitative estimate of drug-likeness (QED) is 0.491. The molecular weight excluding hydrogens is 192 g/mol. The molecule has 1 fully saturated rings. The molecule has 1 aliphatic heterocycles. The number of ether oxygens (including phenoxy) is 2. The van der Waals surface area contributed by atoms with Gasteiger partial charge in [0.1, 0.15) is 6.61 Å². The number of carbonyl (C=O) groups is 2. The number of aliphatic carboxylic acids is 1. The van der Waals surface area contributed by atoms with E-state index in [2.05, 4.69) is 16.1 Å². The van der Waals surface area contributed by atoms with E-state index >= 15 is 0 Å². The molecule has 6 heteroatoms. The molecule has 1 aliphatic rings. The van der Waals surface area contributed by atoms with E-state index in [0.717, 1.165) is 0 Å². The molecule has 1 atom stereocenters. The number of hydrogen-bond donors (Lipinski definition) is 2. The fraction of sp³-hybridized carbons (Fsp3) is 0.500. The van der Waals surface area contributed by atoms with E-state index in [1.54, 1.807) is 0 Å². The minimum Gasteiger partial charge on any atom is -0.478 e. The average molecular weight is 204 g/mol. The third-order valence-electron chi connectivity index (χ3n) is 1.22. The van der Waals surface area contributed by atoms with Crippen molar-refractivity contribution in [1.29, 1.82) is 0 Å². The van der Waals surface area contributed by atoms with Crippen molar-refractivity contribution in [2.24, 2.45) is 0 Å². The normalized spacial score (nSPS) is 18.7. The minimum atomic E-state index is -0.935. The van der Waals surface area contributed by atoms with Gasteiger partial charge >= 0.3 is 12.1 Å². The first-order valence-corrected chi connectivity index (χ1v) is 3.80. The fourth-order valence-corrected chi connectivity index (χ4v) is 0.455. The number of rotatable bonds is 2. The van der Waals surface area contributed by atoms with Crippen molar-refractivity contribution in [3.63, 3.8) is 0 Å². The predicted molar refractivity (Wildman–Crippen MR) is 45.8 cm³/mol. The molecule has 0 radical (unpaired) electrons. The van der Waals surface area contributed by atoms with Gasteiger partial charge in [-0.1, -0.05) is 6.58 Å². The summed E-state index contributed by atoms with van der Waals surface area (Å²) in [6, 6.07) is 0. The Balaban J connectivity index is 0.000000255. The first kappa shape index (κ1) is 12.4. The number of aliphatic hydroxyl groups is 1. The SMILES string of the molecule is C=C(C)C(=O)O.O=C1OCC(CO)O1. The second kappa shape index (κ2) is 5.98. The summed E-state index contributed by atoms with van der Waals surface area (Å²) in [5, 5.41) is 16.2. The molecule has 0 aromatic heterocycles. The van der Waals surface area contributed by atoms with E-state index in [9.17, 15) is 9.59 Å². The van der Waals surface area contributed by atoms with Gasteiger partial charge in [-0.25, -0.2) is 9.59 Å². The van der Waals surface area contributed by atoms with Crippen LogP contribution in [0.1, 0.15) is 6.92 Å². The molecule has 1 unspecified atom stereocenters. The van der Waals surface area contributed by atoms with Gasteiger partial charge in [0.25, 0.3) is 0 Å². The molecule has 6 nitrogen and oxygen atoms in total. The summed E-state index contributed by atoms with van der Waals surface area (Å²) in [5.74, 6) is -0.935. The highest BCUT2D eigenvalue weighted by Crippen LogP contribution is 2.03. The monoisotopic (exact) mass is 204 g/mol. The molecule has 0 aliphatic carbocycles. The van der Waals surface area contributed by atoms with Gasteiger partial charge in [0, 0.05) is 5.57 Å². The van der Waals surface area contributed by atoms with Crippen molar-refractivity contribution in [3.8, 4) is 0 Å². The van der Waals surface area contributed by atoms with Crippen molar-refractivity contribution in [1.82, 2.24) is 0 Å². The third-order valence-corrected chi connectivity index (χ3v) is 1.22. The molecule has 1 saturated heterocycles. The maximum Gasteiger partial charge on any atom is 0.508 e. The summed E-state index contributed by atoms with van der Waals surface area (Å²) < 4.78 is 8.73. The number of cyclic esters (lactones) is 2. The third kappa shape index (κ3) is 5.15. The first-order valence-electron chi connectivity index (χ1n) is 3.80. The van der Waals surface area contributed by atoms with E-state index < -0.39 is 18.2 Å². The zero-order valence-electron chi connectivity index (χ0n) is 7.73. The minimum absolute atomic E-state index is 0.161. The summed E-state index contributed by atoms with van der Waals surface area (Å²) in [6.45, 7) is 4.62. The smallest absolute Gasteiger partial charge is 0.478 e. The van der Waals surface area contributed by atoms with Crippen LogP contribution in [0.3, 0.4) is 0 Å². The lowest BCUT2D eigenvalue weighted by atomic mass is 10.4. The maximum absolute atomic E-state index is 10.1. The zero-order valence-corrected chi connectivity index (χ0v) is 7.73. The molecule has 2 N–H and O–H groups in total. The van der Waals surface area contributed by atoms with Crippen LogP contribution in [-0.4, -0.2) is 41.7 Å². The fourth-order valence-electron chi connectivity index (χ4n) is 0.455. The van der Waals surface area contributed by atoms with E-state index in [0.29, 0.717) is 0 Å². The van der Waals surface area contributed by atoms with Crippen LogP contribution in [-0.2, 0) is 14.3 Å². The van der Waals surface area contributed by atoms with Crippen molar-refractivity contribution < 1.29 is 29.3 Å². The lowest BCUT2D eigenvalue weighted by Gasteiger charge is -1.96. The number of aliphatic hydroxyl groups excluding tert-OH is 1. The Morgan fingerprint density at radius 3 is 2.36 bits per heavy atom. The van der Waals surface area contributed by atoms with E-state index in [1.165, 1.54) is 6.92 Å². The summed E-state index contributed by atoms with van der Waals surface area (Å²) in [5.41, 5.74) is 0.176. The van der Waals surface area contributed by atoms with Crippen LogP contribution in [0.25, 0.3) is 0 Å². The summed E-state index contributed by atoms with van der Waals surface area (Å²) in [4.78, 5) is 19.7. The summed E-state index contributed by atoms with van der Waals surface area (Å²) >= 11 is 0. The zero-order chi connectivity index (χ0) is 11.1. The molecule has 14 heavy (non-hydrogen) atoms. The number of hydrogen-bond acceptors (Lipinski definition) is 5. The van der Waals surface area contributed by atoms with E-state index in [-0.39, 0.29) is 18.8 Å². The van der Waals surface area contributed by atoms with Crippen LogP contribution < -0.4 is 0 Å². The standard InChI is InChI=1S/C4H6O4.C4H6O2/c5-1-3-2-7-4(6)8-3;1-3(2)4(5)6/h3,5H,1-2H2;1H2,2H3,(H,5,6). The van der Waals surface area contributed by atoms with Gasteiger partial charge in [0.05, 0.1) is 6.61 Å². The Kier molecular flexibility index (Phi) is 5.31. The lowest BCUT2D eigenvalue weighted by molar-refractivity contribution is -0.132. The van der Waals surface area contributed by atoms with Gasteiger partial charge in [0.2, 0.25) is 0 Å². The van der Waals surface area contributed by atoms with Crippen molar-refractivity contribution in [2.75, 3.05) is 13.2 Å². The van der Waals surface area contributed by atoms with Gasteiger partial charge in [-0.15, -0.1) is 0 Å². The molecule has 80 valence electrons. The van der Waals surface area contributed by atoms with Crippen molar-refractivity contribution in [3.05, 3.63) is 12.2 Å². The molecule has 0 bridgehead atoms. The van der Waals surface area contributed by atoms with Gasteiger partial charge in [-0.2, -0.15) is 0 Å². The number of carboxylic acids is 1. The van der Waals surface area contributed by atoms with Crippen LogP contribution in [0.2, 0.25) is 0 Å².